The molecule has 0 aliphatic rings. The molecule has 8 heteroatoms. The minimum atomic E-state index is -3.87. The quantitative estimate of drug-likeness (QED) is 0.802. The van der Waals surface area contributed by atoms with Crippen LogP contribution in [0, 0.1) is 0 Å². The largest absolute Gasteiger partial charge is 0.396 e. The number of para-hydroxylation sites is 1. The van der Waals surface area contributed by atoms with Crippen molar-refractivity contribution in [2.75, 3.05) is 5.73 Å². The van der Waals surface area contributed by atoms with Gasteiger partial charge in [0, 0.05) is 12.8 Å². The van der Waals surface area contributed by atoms with Crippen LogP contribution in [0.3, 0.4) is 0 Å². The van der Waals surface area contributed by atoms with E-state index in [4.69, 9.17) is 10.9 Å². The molecule has 4 N–H and O–H groups in total. The van der Waals surface area contributed by atoms with Crippen molar-refractivity contribution in [1.82, 2.24) is 14.8 Å². The Balaban J connectivity index is 2.68. The van der Waals surface area contributed by atoms with Gasteiger partial charge in [-0.05, 0) is 12.1 Å². The smallest absolute Gasteiger partial charge is 0.240 e. The molecule has 0 amide bonds. The van der Waals surface area contributed by atoms with Crippen molar-refractivity contribution in [2.24, 2.45) is 5.14 Å². The van der Waals surface area contributed by atoms with Crippen molar-refractivity contribution in [3.63, 3.8) is 0 Å². The fourth-order valence-electron chi connectivity index (χ4n) is 1.93. The van der Waals surface area contributed by atoms with Crippen LogP contribution in [-0.2, 0) is 22.9 Å². The summed E-state index contributed by atoms with van der Waals surface area (Å²) in [6.45, 7) is 3.89. The van der Waals surface area contributed by atoms with E-state index in [9.17, 15) is 8.42 Å². The van der Waals surface area contributed by atoms with Crippen molar-refractivity contribution in [3.05, 3.63) is 29.8 Å². The summed E-state index contributed by atoms with van der Waals surface area (Å²) in [4.78, 5) is 4.27. The monoisotopic (exact) mass is 295 g/mol. The van der Waals surface area contributed by atoms with Gasteiger partial charge in [0.2, 0.25) is 10.0 Å². The van der Waals surface area contributed by atoms with E-state index in [-0.39, 0.29) is 10.6 Å². The number of hydrogen-bond acceptors (Lipinski definition) is 5. The first-order valence-electron chi connectivity index (χ1n) is 6.25. The fourth-order valence-corrected chi connectivity index (χ4v) is 2.61. The summed E-state index contributed by atoms with van der Waals surface area (Å²) in [5, 5.41) is 9.50. The van der Waals surface area contributed by atoms with Crippen LogP contribution in [0.2, 0.25) is 0 Å². The zero-order chi connectivity index (χ0) is 14.9. The molecule has 2 aromatic rings. The summed E-state index contributed by atoms with van der Waals surface area (Å²) < 4.78 is 24.6. The molecule has 0 bridgehead atoms. The summed E-state index contributed by atoms with van der Waals surface area (Å²) >= 11 is 0. The standard InChI is InChI=1S/C12H17N5O2S/c1-3-10-15-11(4-2)17(16-10)8-6-5-7-9(12(8)13)20(14,18)19/h5-7H,3-4,13H2,1-2H3,(H2,14,18,19). The van der Waals surface area contributed by atoms with Crippen molar-refractivity contribution in [3.8, 4) is 5.69 Å². The number of hydrogen-bond donors (Lipinski definition) is 2. The third-order valence-corrected chi connectivity index (χ3v) is 3.90. The van der Waals surface area contributed by atoms with E-state index in [0.717, 1.165) is 5.82 Å². The average molecular weight is 295 g/mol. The van der Waals surface area contributed by atoms with Crippen LogP contribution in [-0.4, -0.2) is 23.2 Å². The highest BCUT2D eigenvalue weighted by Gasteiger charge is 2.18. The number of aryl methyl sites for hydroxylation is 2. The topological polar surface area (TPSA) is 117 Å². The molecule has 1 aromatic carbocycles. The molecule has 0 aliphatic carbocycles. The van der Waals surface area contributed by atoms with Gasteiger partial charge in [0.15, 0.2) is 5.82 Å². The lowest BCUT2D eigenvalue weighted by Gasteiger charge is -2.10. The van der Waals surface area contributed by atoms with E-state index in [1.165, 1.54) is 6.07 Å². The summed E-state index contributed by atoms with van der Waals surface area (Å²) in [5.41, 5.74) is 6.48. The SMILES string of the molecule is CCc1nc(CC)n(-c2cccc(S(N)(=O)=O)c2N)n1. The molecule has 0 atom stereocenters. The van der Waals surface area contributed by atoms with Gasteiger partial charge >= 0.3 is 0 Å². The van der Waals surface area contributed by atoms with Crippen LogP contribution >= 0.6 is 0 Å². The van der Waals surface area contributed by atoms with Crippen LogP contribution in [0.5, 0.6) is 0 Å². The highest BCUT2D eigenvalue weighted by molar-refractivity contribution is 7.89. The summed E-state index contributed by atoms with van der Waals surface area (Å²) in [6.07, 6.45) is 1.35. The molecule has 0 saturated heterocycles. The number of benzene rings is 1. The minimum absolute atomic E-state index is 0.0808. The number of rotatable bonds is 4. The van der Waals surface area contributed by atoms with E-state index in [0.29, 0.717) is 24.4 Å². The summed E-state index contributed by atoms with van der Waals surface area (Å²) in [6, 6.07) is 4.65. The van der Waals surface area contributed by atoms with Crippen LogP contribution < -0.4 is 10.9 Å². The van der Waals surface area contributed by atoms with Gasteiger partial charge in [-0.3, -0.25) is 0 Å². The highest BCUT2D eigenvalue weighted by Crippen LogP contribution is 2.25. The molecule has 0 radical (unpaired) electrons. The summed E-state index contributed by atoms with van der Waals surface area (Å²) in [7, 11) is -3.87. The molecule has 2 rings (SSSR count). The van der Waals surface area contributed by atoms with Crippen LogP contribution in [0.25, 0.3) is 5.69 Å². The van der Waals surface area contributed by atoms with E-state index < -0.39 is 10.0 Å². The fraction of sp³-hybridized carbons (Fsp3) is 0.333. The lowest BCUT2D eigenvalue weighted by atomic mass is 10.2. The maximum absolute atomic E-state index is 11.5. The van der Waals surface area contributed by atoms with Gasteiger partial charge in [-0.1, -0.05) is 19.9 Å². The van der Waals surface area contributed by atoms with Gasteiger partial charge in [0.1, 0.15) is 10.7 Å². The first kappa shape index (κ1) is 14.5. The lowest BCUT2D eigenvalue weighted by molar-refractivity contribution is 0.598. The molecule has 108 valence electrons. The predicted octanol–water partition coefficient (Wildman–Crippen LogP) is 0.622. The number of aromatic nitrogens is 3. The van der Waals surface area contributed by atoms with Gasteiger partial charge < -0.3 is 5.73 Å². The first-order chi connectivity index (χ1) is 9.38. The van der Waals surface area contributed by atoms with Gasteiger partial charge in [0.25, 0.3) is 0 Å². The average Bonchev–Trinajstić information content (AvgIpc) is 2.80. The predicted molar refractivity (Wildman–Crippen MR) is 75.9 cm³/mol. The molecule has 0 aliphatic heterocycles. The zero-order valence-corrected chi connectivity index (χ0v) is 12.2. The van der Waals surface area contributed by atoms with Crippen LogP contribution in [0.1, 0.15) is 25.5 Å². The van der Waals surface area contributed by atoms with E-state index in [1.54, 1.807) is 16.8 Å². The number of primary sulfonamides is 1. The van der Waals surface area contributed by atoms with E-state index >= 15 is 0 Å². The number of nitrogen functional groups attached to an aromatic ring is 1. The number of sulfonamides is 1. The Labute approximate surface area is 117 Å². The Morgan fingerprint density at radius 3 is 2.50 bits per heavy atom. The Hall–Kier alpha value is -1.93. The third kappa shape index (κ3) is 2.52. The second-order valence-electron chi connectivity index (χ2n) is 4.30. The minimum Gasteiger partial charge on any atom is -0.396 e. The maximum Gasteiger partial charge on any atom is 0.240 e. The molecule has 0 saturated carbocycles. The van der Waals surface area contributed by atoms with Gasteiger partial charge in [-0.15, -0.1) is 0 Å². The molecule has 1 heterocycles. The molecule has 0 unspecified atom stereocenters. The van der Waals surface area contributed by atoms with Crippen molar-refractivity contribution >= 4 is 15.7 Å². The Morgan fingerprint density at radius 1 is 1.25 bits per heavy atom. The normalized spacial score (nSPS) is 11.8. The molecule has 7 nitrogen and oxygen atoms in total. The van der Waals surface area contributed by atoms with E-state index in [1.807, 2.05) is 13.8 Å². The molecule has 0 spiro atoms. The second-order valence-corrected chi connectivity index (χ2v) is 5.83. The van der Waals surface area contributed by atoms with Gasteiger partial charge in [-0.25, -0.2) is 23.2 Å². The zero-order valence-electron chi connectivity index (χ0n) is 11.4. The van der Waals surface area contributed by atoms with Gasteiger partial charge in [0.05, 0.1) is 11.4 Å². The van der Waals surface area contributed by atoms with E-state index in [2.05, 4.69) is 10.1 Å². The maximum atomic E-state index is 11.5. The molecular formula is C12H17N5O2S. The summed E-state index contributed by atoms with van der Waals surface area (Å²) in [5.74, 6) is 1.40. The second kappa shape index (κ2) is 5.22. The molecular weight excluding hydrogens is 278 g/mol. The molecule has 0 fully saturated rings. The Morgan fingerprint density at radius 2 is 1.95 bits per heavy atom. The molecule has 1 aromatic heterocycles. The van der Waals surface area contributed by atoms with Crippen molar-refractivity contribution in [2.45, 2.75) is 31.6 Å². The number of nitrogens with zero attached hydrogens (tertiary/aromatic N) is 3. The highest BCUT2D eigenvalue weighted by atomic mass is 32.2. The van der Waals surface area contributed by atoms with Crippen LogP contribution in [0.15, 0.2) is 23.1 Å². The van der Waals surface area contributed by atoms with Gasteiger partial charge in [-0.2, -0.15) is 5.10 Å². The molecule has 20 heavy (non-hydrogen) atoms. The lowest BCUT2D eigenvalue weighted by Crippen LogP contribution is -2.16. The Kier molecular flexibility index (Phi) is 3.78. The third-order valence-electron chi connectivity index (χ3n) is 2.93. The number of nitrogens with two attached hydrogens (primary N) is 2. The van der Waals surface area contributed by atoms with Crippen molar-refractivity contribution < 1.29 is 8.42 Å². The van der Waals surface area contributed by atoms with Crippen LogP contribution in [0.4, 0.5) is 5.69 Å². The number of anilines is 1. The van der Waals surface area contributed by atoms with Crippen molar-refractivity contribution in [1.29, 1.82) is 0 Å². The Bertz CT molecular complexity index is 736. The first-order valence-corrected chi connectivity index (χ1v) is 7.79.